The van der Waals surface area contributed by atoms with Crippen LogP contribution in [0, 0.1) is 0 Å². The zero-order valence-corrected chi connectivity index (χ0v) is 13.4. The summed E-state index contributed by atoms with van der Waals surface area (Å²) in [6.07, 6.45) is 3.22. The number of nitrogens with zero attached hydrogens (tertiary/aromatic N) is 2. The van der Waals surface area contributed by atoms with E-state index in [0.29, 0.717) is 30.4 Å². The van der Waals surface area contributed by atoms with E-state index in [4.69, 9.17) is 16.3 Å². The average molecular weight is 337 g/mol. The molecule has 0 bridgehead atoms. The van der Waals surface area contributed by atoms with Crippen molar-refractivity contribution >= 4 is 34.6 Å². The van der Waals surface area contributed by atoms with Gasteiger partial charge in [0.25, 0.3) is 0 Å². The molecular formula is C15H17ClN4O3. The fraction of sp³-hybridized carbons (Fsp3) is 0.400. The Morgan fingerprint density at radius 3 is 3.17 bits per heavy atom. The van der Waals surface area contributed by atoms with Gasteiger partial charge >= 0.3 is 6.09 Å². The van der Waals surface area contributed by atoms with Crippen LogP contribution in [0.5, 0.6) is 0 Å². The Bertz CT molecular complexity index is 745. The standard InChI is InChI=1S/C15H17ClN4O3/c1-9(8-20-4-5-23-15(20)22)19-12(21)6-10-7-18-14-13(10)11(16)2-3-17-14/h2-3,7,9H,4-6,8H2,1H3,(H,17,18)(H,19,21). The predicted molar refractivity (Wildman–Crippen MR) is 85.3 cm³/mol. The Kier molecular flexibility index (Phi) is 4.38. The van der Waals surface area contributed by atoms with Gasteiger partial charge in [-0.1, -0.05) is 11.6 Å². The molecule has 2 N–H and O–H groups in total. The lowest BCUT2D eigenvalue weighted by Gasteiger charge is -2.19. The second-order valence-corrected chi connectivity index (χ2v) is 5.94. The minimum atomic E-state index is -0.333. The normalized spacial score (nSPS) is 15.7. The van der Waals surface area contributed by atoms with Crippen molar-refractivity contribution in [3.8, 4) is 0 Å². The molecule has 0 radical (unpaired) electrons. The van der Waals surface area contributed by atoms with Crippen molar-refractivity contribution in [3.63, 3.8) is 0 Å². The van der Waals surface area contributed by atoms with E-state index in [-0.39, 0.29) is 24.5 Å². The molecule has 1 aliphatic heterocycles. The molecule has 0 saturated carbocycles. The summed E-state index contributed by atoms with van der Waals surface area (Å²) in [7, 11) is 0. The van der Waals surface area contributed by atoms with Crippen molar-refractivity contribution in [2.24, 2.45) is 0 Å². The Morgan fingerprint density at radius 2 is 2.43 bits per heavy atom. The predicted octanol–water partition coefficient (Wildman–Crippen LogP) is 1.72. The molecule has 1 aliphatic rings. The highest BCUT2D eigenvalue weighted by Gasteiger charge is 2.24. The van der Waals surface area contributed by atoms with Crippen LogP contribution >= 0.6 is 11.6 Å². The maximum absolute atomic E-state index is 12.2. The van der Waals surface area contributed by atoms with E-state index in [0.717, 1.165) is 10.9 Å². The van der Waals surface area contributed by atoms with Crippen LogP contribution in [0.3, 0.4) is 0 Å². The van der Waals surface area contributed by atoms with Crippen LogP contribution in [0.2, 0.25) is 5.02 Å². The van der Waals surface area contributed by atoms with E-state index in [2.05, 4.69) is 15.3 Å². The number of carbonyl (C=O) groups is 2. The smallest absolute Gasteiger partial charge is 0.410 e. The summed E-state index contributed by atoms with van der Waals surface area (Å²) in [5.41, 5.74) is 1.46. The minimum absolute atomic E-state index is 0.133. The van der Waals surface area contributed by atoms with Crippen molar-refractivity contribution in [1.82, 2.24) is 20.2 Å². The Labute approximate surface area is 138 Å². The monoisotopic (exact) mass is 336 g/mol. The topological polar surface area (TPSA) is 87.3 Å². The molecule has 0 aliphatic carbocycles. The number of carbonyl (C=O) groups excluding carboxylic acids is 2. The van der Waals surface area contributed by atoms with Crippen LogP contribution in [-0.4, -0.2) is 52.6 Å². The molecule has 3 heterocycles. The Hall–Kier alpha value is -2.28. The second kappa shape index (κ2) is 6.45. The number of nitrogens with one attached hydrogen (secondary N) is 2. The van der Waals surface area contributed by atoms with Crippen LogP contribution in [0.1, 0.15) is 12.5 Å². The summed E-state index contributed by atoms with van der Waals surface area (Å²) in [5.74, 6) is -0.133. The highest BCUT2D eigenvalue weighted by molar-refractivity contribution is 6.35. The fourth-order valence-electron chi connectivity index (χ4n) is 2.69. The first kappa shape index (κ1) is 15.6. The van der Waals surface area contributed by atoms with Crippen LogP contribution in [0.15, 0.2) is 18.5 Å². The molecular weight excluding hydrogens is 320 g/mol. The first-order chi connectivity index (χ1) is 11.0. The number of aromatic nitrogens is 2. The van der Waals surface area contributed by atoms with Gasteiger partial charge in [0.2, 0.25) is 5.91 Å². The molecule has 1 saturated heterocycles. The third kappa shape index (κ3) is 3.39. The largest absolute Gasteiger partial charge is 0.448 e. The van der Waals surface area contributed by atoms with Crippen LogP contribution in [-0.2, 0) is 16.0 Å². The molecule has 7 nitrogen and oxygen atoms in total. The Balaban J connectivity index is 1.61. The lowest BCUT2D eigenvalue weighted by molar-refractivity contribution is -0.121. The molecule has 1 fully saturated rings. The van der Waals surface area contributed by atoms with Gasteiger partial charge in [-0.3, -0.25) is 4.79 Å². The second-order valence-electron chi connectivity index (χ2n) is 5.54. The molecule has 8 heteroatoms. The number of amides is 2. The highest BCUT2D eigenvalue weighted by Crippen LogP contribution is 2.25. The van der Waals surface area contributed by atoms with Gasteiger partial charge in [0.1, 0.15) is 12.3 Å². The van der Waals surface area contributed by atoms with Gasteiger partial charge < -0.3 is 19.9 Å². The number of cyclic esters (lactones) is 1. The number of ether oxygens (including phenoxy) is 1. The van der Waals surface area contributed by atoms with Crippen LogP contribution in [0.4, 0.5) is 4.79 Å². The lowest BCUT2D eigenvalue weighted by Crippen LogP contribution is -2.42. The fourth-order valence-corrected chi connectivity index (χ4v) is 2.95. The molecule has 0 aromatic carbocycles. The van der Waals surface area contributed by atoms with E-state index < -0.39 is 0 Å². The molecule has 1 unspecified atom stereocenters. The average Bonchev–Trinajstić information content (AvgIpc) is 3.07. The third-order valence-corrected chi connectivity index (χ3v) is 4.02. The summed E-state index contributed by atoms with van der Waals surface area (Å²) in [5, 5.41) is 4.21. The highest BCUT2D eigenvalue weighted by atomic mass is 35.5. The molecule has 2 aromatic heterocycles. The molecule has 1 atom stereocenters. The SMILES string of the molecule is CC(CN1CCOC1=O)NC(=O)Cc1c[nH]c2nccc(Cl)c12. The first-order valence-corrected chi connectivity index (χ1v) is 7.74. The van der Waals surface area contributed by atoms with E-state index in [9.17, 15) is 9.59 Å². The molecule has 23 heavy (non-hydrogen) atoms. The number of halogens is 1. The zero-order chi connectivity index (χ0) is 16.4. The molecule has 122 valence electrons. The molecule has 2 amide bonds. The van der Waals surface area contributed by atoms with Gasteiger partial charge in [-0.05, 0) is 18.6 Å². The summed E-state index contributed by atoms with van der Waals surface area (Å²) >= 11 is 6.17. The number of aromatic amines is 1. The van der Waals surface area contributed by atoms with Gasteiger partial charge in [0.15, 0.2) is 0 Å². The summed E-state index contributed by atoms with van der Waals surface area (Å²) in [6, 6.07) is 1.53. The van der Waals surface area contributed by atoms with Crippen molar-refractivity contribution in [2.75, 3.05) is 19.7 Å². The molecule has 0 spiro atoms. The Morgan fingerprint density at radius 1 is 1.61 bits per heavy atom. The maximum Gasteiger partial charge on any atom is 0.410 e. The molecule has 3 rings (SSSR count). The molecule has 2 aromatic rings. The van der Waals surface area contributed by atoms with Gasteiger partial charge in [-0.15, -0.1) is 0 Å². The number of rotatable bonds is 5. The summed E-state index contributed by atoms with van der Waals surface area (Å²) in [6.45, 7) is 3.25. The number of fused-ring (bicyclic) bond motifs is 1. The first-order valence-electron chi connectivity index (χ1n) is 7.36. The number of hydrogen-bond acceptors (Lipinski definition) is 4. The summed E-state index contributed by atoms with van der Waals surface area (Å²) < 4.78 is 4.87. The van der Waals surface area contributed by atoms with Crippen molar-refractivity contribution in [1.29, 1.82) is 0 Å². The summed E-state index contributed by atoms with van der Waals surface area (Å²) in [4.78, 5) is 32.4. The van der Waals surface area contributed by atoms with Crippen molar-refractivity contribution in [2.45, 2.75) is 19.4 Å². The number of pyridine rings is 1. The van der Waals surface area contributed by atoms with E-state index in [1.165, 1.54) is 0 Å². The third-order valence-electron chi connectivity index (χ3n) is 3.70. The van der Waals surface area contributed by atoms with Crippen LogP contribution < -0.4 is 5.32 Å². The van der Waals surface area contributed by atoms with E-state index in [1.54, 1.807) is 23.4 Å². The van der Waals surface area contributed by atoms with Crippen LogP contribution in [0.25, 0.3) is 11.0 Å². The van der Waals surface area contributed by atoms with E-state index >= 15 is 0 Å². The van der Waals surface area contributed by atoms with Gasteiger partial charge in [-0.2, -0.15) is 0 Å². The lowest BCUT2D eigenvalue weighted by atomic mass is 10.1. The number of hydrogen-bond donors (Lipinski definition) is 2. The van der Waals surface area contributed by atoms with Crippen molar-refractivity contribution < 1.29 is 14.3 Å². The van der Waals surface area contributed by atoms with E-state index in [1.807, 2.05) is 6.92 Å². The number of H-pyrrole nitrogens is 1. The zero-order valence-electron chi connectivity index (χ0n) is 12.6. The quantitative estimate of drug-likeness (QED) is 0.870. The minimum Gasteiger partial charge on any atom is -0.448 e. The van der Waals surface area contributed by atoms with Gasteiger partial charge in [-0.25, -0.2) is 9.78 Å². The van der Waals surface area contributed by atoms with Gasteiger partial charge in [0, 0.05) is 30.4 Å². The van der Waals surface area contributed by atoms with Crippen molar-refractivity contribution in [3.05, 3.63) is 29.0 Å². The maximum atomic E-state index is 12.2. The van der Waals surface area contributed by atoms with Gasteiger partial charge in [0.05, 0.1) is 18.0 Å².